The number of benzene rings is 2. The Morgan fingerprint density at radius 3 is 2.84 bits per heavy atom. The average Bonchev–Trinajstić information content (AvgIpc) is 2.44. The molecule has 19 heavy (non-hydrogen) atoms. The van der Waals surface area contributed by atoms with Crippen molar-refractivity contribution < 1.29 is 0 Å². The average molecular weight is 316 g/mol. The minimum Gasteiger partial charge on any atom is -0.378 e. The number of anilines is 1. The van der Waals surface area contributed by atoms with E-state index in [9.17, 15) is 0 Å². The first-order valence-corrected chi connectivity index (χ1v) is 7.64. The van der Waals surface area contributed by atoms with Crippen LogP contribution in [0, 0.1) is 6.92 Å². The van der Waals surface area contributed by atoms with Gasteiger partial charge in [0.15, 0.2) is 0 Å². The van der Waals surface area contributed by atoms with E-state index < -0.39 is 0 Å². The van der Waals surface area contributed by atoms with Gasteiger partial charge in [0.25, 0.3) is 0 Å². The SMILES string of the molecule is Cc1c(Br)cccc1NC1CCCc2ccccc21. The summed E-state index contributed by atoms with van der Waals surface area (Å²) in [6.45, 7) is 2.15. The van der Waals surface area contributed by atoms with Gasteiger partial charge < -0.3 is 5.32 Å². The minimum atomic E-state index is 0.443. The second-order valence-corrected chi connectivity index (χ2v) is 6.05. The molecule has 1 aliphatic carbocycles. The summed E-state index contributed by atoms with van der Waals surface area (Å²) in [5.74, 6) is 0. The zero-order valence-electron chi connectivity index (χ0n) is 11.1. The van der Waals surface area contributed by atoms with Crippen molar-refractivity contribution in [1.82, 2.24) is 0 Å². The molecule has 0 radical (unpaired) electrons. The number of halogens is 1. The summed E-state index contributed by atoms with van der Waals surface area (Å²) < 4.78 is 1.17. The Morgan fingerprint density at radius 1 is 1.11 bits per heavy atom. The highest BCUT2D eigenvalue weighted by Crippen LogP contribution is 2.34. The Bertz CT molecular complexity index is 592. The number of aryl methyl sites for hydroxylation is 1. The van der Waals surface area contributed by atoms with Gasteiger partial charge >= 0.3 is 0 Å². The Morgan fingerprint density at radius 2 is 1.95 bits per heavy atom. The number of hydrogen-bond donors (Lipinski definition) is 1. The number of rotatable bonds is 2. The predicted molar refractivity (Wildman–Crippen MR) is 84.6 cm³/mol. The third-order valence-corrected chi connectivity index (χ3v) is 4.83. The molecule has 0 aliphatic heterocycles. The summed E-state index contributed by atoms with van der Waals surface area (Å²) in [4.78, 5) is 0. The van der Waals surface area contributed by atoms with Crippen LogP contribution in [0.4, 0.5) is 5.69 Å². The lowest BCUT2D eigenvalue weighted by Crippen LogP contribution is -2.17. The summed E-state index contributed by atoms with van der Waals surface area (Å²) in [6.07, 6.45) is 3.69. The second-order valence-electron chi connectivity index (χ2n) is 5.20. The zero-order valence-corrected chi connectivity index (χ0v) is 12.7. The normalized spacial score (nSPS) is 17.9. The van der Waals surface area contributed by atoms with Crippen molar-refractivity contribution >= 4 is 21.6 Å². The van der Waals surface area contributed by atoms with Crippen molar-refractivity contribution in [1.29, 1.82) is 0 Å². The summed E-state index contributed by atoms with van der Waals surface area (Å²) in [7, 11) is 0. The van der Waals surface area contributed by atoms with Crippen LogP contribution in [0.2, 0.25) is 0 Å². The number of fused-ring (bicyclic) bond motifs is 1. The number of hydrogen-bond acceptors (Lipinski definition) is 1. The van der Waals surface area contributed by atoms with Crippen molar-refractivity contribution in [3.63, 3.8) is 0 Å². The van der Waals surface area contributed by atoms with Gasteiger partial charge in [0, 0.05) is 10.2 Å². The molecule has 2 aromatic carbocycles. The van der Waals surface area contributed by atoms with Gasteiger partial charge in [-0.25, -0.2) is 0 Å². The van der Waals surface area contributed by atoms with Gasteiger partial charge in [0.1, 0.15) is 0 Å². The van der Waals surface area contributed by atoms with E-state index in [0.717, 1.165) is 0 Å². The van der Waals surface area contributed by atoms with Gasteiger partial charge in [-0.15, -0.1) is 0 Å². The van der Waals surface area contributed by atoms with E-state index in [-0.39, 0.29) is 0 Å². The third kappa shape index (κ3) is 2.55. The van der Waals surface area contributed by atoms with E-state index in [1.54, 1.807) is 0 Å². The molecule has 1 atom stereocenters. The van der Waals surface area contributed by atoms with E-state index in [2.05, 4.69) is 70.6 Å². The molecule has 0 fully saturated rings. The van der Waals surface area contributed by atoms with Crippen molar-refractivity contribution in [3.8, 4) is 0 Å². The quantitative estimate of drug-likeness (QED) is 0.798. The van der Waals surface area contributed by atoms with Gasteiger partial charge in [-0.1, -0.05) is 46.3 Å². The fourth-order valence-corrected chi connectivity index (χ4v) is 3.22. The van der Waals surface area contributed by atoms with E-state index in [1.807, 2.05) is 0 Å². The molecule has 98 valence electrons. The molecule has 2 heteroatoms. The molecule has 1 nitrogen and oxygen atoms in total. The molecule has 0 bridgehead atoms. The van der Waals surface area contributed by atoms with Crippen LogP contribution in [0.15, 0.2) is 46.9 Å². The molecule has 0 heterocycles. The smallest absolute Gasteiger partial charge is 0.0516 e. The van der Waals surface area contributed by atoms with Crippen LogP contribution in [0.5, 0.6) is 0 Å². The second kappa shape index (κ2) is 5.38. The fourth-order valence-electron chi connectivity index (χ4n) is 2.86. The molecule has 0 spiro atoms. The maximum atomic E-state index is 3.72. The Balaban J connectivity index is 1.91. The molecule has 0 amide bonds. The lowest BCUT2D eigenvalue weighted by Gasteiger charge is -2.28. The highest BCUT2D eigenvalue weighted by atomic mass is 79.9. The first-order valence-electron chi connectivity index (χ1n) is 6.85. The first kappa shape index (κ1) is 12.7. The van der Waals surface area contributed by atoms with Crippen LogP contribution in [-0.4, -0.2) is 0 Å². The van der Waals surface area contributed by atoms with E-state index in [1.165, 1.54) is 46.1 Å². The Kier molecular flexibility index (Phi) is 3.61. The third-order valence-electron chi connectivity index (χ3n) is 3.97. The maximum absolute atomic E-state index is 3.72. The number of nitrogens with one attached hydrogen (secondary N) is 1. The van der Waals surface area contributed by atoms with Gasteiger partial charge in [0.2, 0.25) is 0 Å². The molecule has 1 unspecified atom stereocenters. The van der Waals surface area contributed by atoms with Crippen LogP contribution >= 0.6 is 15.9 Å². The van der Waals surface area contributed by atoms with Crippen LogP contribution in [0.1, 0.15) is 35.6 Å². The molecule has 0 saturated heterocycles. The van der Waals surface area contributed by atoms with Gasteiger partial charge in [-0.3, -0.25) is 0 Å². The van der Waals surface area contributed by atoms with E-state index >= 15 is 0 Å². The first-order chi connectivity index (χ1) is 9.25. The Labute approximate surface area is 123 Å². The van der Waals surface area contributed by atoms with Gasteiger partial charge in [-0.05, 0) is 55.0 Å². The molecular weight excluding hydrogens is 298 g/mol. The summed E-state index contributed by atoms with van der Waals surface area (Å²) in [6, 6.07) is 15.6. The summed E-state index contributed by atoms with van der Waals surface area (Å²) in [5, 5.41) is 3.72. The predicted octanol–water partition coefficient (Wildman–Crippen LogP) is 5.25. The molecule has 0 aromatic heterocycles. The van der Waals surface area contributed by atoms with Crippen LogP contribution in [0.3, 0.4) is 0 Å². The van der Waals surface area contributed by atoms with Gasteiger partial charge in [-0.2, -0.15) is 0 Å². The van der Waals surface area contributed by atoms with Crippen LogP contribution in [0.25, 0.3) is 0 Å². The molecule has 1 aliphatic rings. The maximum Gasteiger partial charge on any atom is 0.0516 e. The highest BCUT2D eigenvalue weighted by molar-refractivity contribution is 9.10. The van der Waals surface area contributed by atoms with Crippen molar-refractivity contribution in [2.75, 3.05) is 5.32 Å². The van der Waals surface area contributed by atoms with Gasteiger partial charge in [0.05, 0.1) is 6.04 Å². The molecule has 1 N–H and O–H groups in total. The summed E-state index contributed by atoms with van der Waals surface area (Å²) in [5.41, 5.74) is 5.48. The Hall–Kier alpha value is -1.28. The largest absolute Gasteiger partial charge is 0.378 e. The van der Waals surface area contributed by atoms with Crippen LogP contribution in [-0.2, 0) is 6.42 Å². The standard InChI is InChI=1S/C17H18BrN/c1-12-15(18)9-5-10-16(12)19-17-11-4-7-13-6-2-3-8-14(13)17/h2-3,5-6,8-10,17,19H,4,7,11H2,1H3. The van der Waals surface area contributed by atoms with Crippen molar-refractivity contribution in [2.45, 2.75) is 32.2 Å². The zero-order chi connectivity index (χ0) is 13.2. The fraction of sp³-hybridized carbons (Fsp3) is 0.294. The lowest BCUT2D eigenvalue weighted by atomic mass is 9.87. The van der Waals surface area contributed by atoms with Crippen molar-refractivity contribution in [3.05, 3.63) is 63.6 Å². The lowest BCUT2D eigenvalue weighted by molar-refractivity contribution is 0.600. The summed E-state index contributed by atoms with van der Waals surface area (Å²) >= 11 is 3.60. The minimum absolute atomic E-state index is 0.443. The topological polar surface area (TPSA) is 12.0 Å². The monoisotopic (exact) mass is 315 g/mol. The van der Waals surface area contributed by atoms with Crippen molar-refractivity contribution in [2.24, 2.45) is 0 Å². The highest BCUT2D eigenvalue weighted by Gasteiger charge is 2.19. The molecule has 0 saturated carbocycles. The molecule has 3 rings (SSSR count). The van der Waals surface area contributed by atoms with E-state index in [0.29, 0.717) is 6.04 Å². The van der Waals surface area contributed by atoms with E-state index in [4.69, 9.17) is 0 Å². The molecule has 2 aromatic rings. The van der Waals surface area contributed by atoms with Crippen LogP contribution < -0.4 is 5.32 Å². The molecular formula is C17H18BrN.